The summed E-state index contributed by atoms with van der Waals surface area (Å²) in [5, 5.41) is 3.71. The molecular weight excluding hydrogens is 172 g/mol. The average Bonchev–Trinajstić information content (AvgIpc) is 2.60. The summed E-state index contributed by atoms with van der Waals surface area (Å²) in [7, 11) is 0. The van der Waals surface area contributed by atoms with Crippen LogP contribution in [0.3, 0.4) is 0 Å². The Balaban J connectivity index is 2.29. The van der Waals surface area contributed by atoms with Crippen molar-refractivity contribution in [2.24, 2.45) is 0 Å². The third kappa shape index (κ3) is 1.31. The molecule has 2 unspecified atom stereocenters. The molecule has 70 valence electrons. The second-order valence-electron chi connectivity index (χ2n) is 3.10. The van der Waals surface area contributed by atoms with Crippen molar-refractivity contribution in [2.75, 3.05) is 0 Å². The lowest BCUT2D eigenvalue weighted by atomic mass is 10.0. The van der Waals surface area contributed by atoms with Gasteiger partial charge in [-0.25, -0.2) is 0 Å². The Morgan fingerprint density at radius 2 is 2.38 bits per heavy atom. The van der Waals surface area contributed by atoms with Crippen molar-refractivity contribution in [2.45, 2.75) is 25.8 Å². The average molecular weight is 181 g/mol. The first-order valence-electron chi connectivity index (χ1n) is 4.02. The molecule has 1 aromatic rings. The van der Waals surface area contributed by atoms with Crippen LogP contribution in [0, 0.1) is 6.92 Å². The molecule has 0 aromatic carbocycles. The van der Waals surface area contributed by atoms with Gasteiger partial charge in [0.15, 0.2) is 0 Å². The third-order valence-corrected chi connectivity index (χ3v) is 2.00. The highest BCUT2D eigenvalue weighted by Crippen LogP contribution is 2.32. The molecule has 1 saturated heterocycles. The van der Waals surface area contributed by atoms with E-state index in [1.165, 1.54) is 0 Å². The Labute approximate surface area is 75.0 Å². The summed E-state index contributed by atoms with van der Waals surface area (Å²) in [6.45, 7) is 3.60. The van der Waals surface area contributed by atoms with Gasteiger partial charge in [0.25, 0.3) is 5.97 Å². The van der Waals surface area contributed by atoms with Crippen molar-refractivity contribution >= 4 is 5.97 Å². The van der Waals surface area contributed by atoms with Gasteiger partial charge >= 0.3 is 0 Å². The van der Waals surface area contributed by atoms with Crippen molar-refractivity contribution < 1.29 is 14.2 Å². The molecule has 13 heavy (non-hydrogen) atoms. The minimum atomic E-state index is -0.429. The minimum Gasteiger partial charge on any atom is -0.561 e. The first-order chi connectivity index (χ1) is 6.18. The van der Waals surface area contributed by atoms with Crippen molar-refractivity contribution in [3.8, 4) is 0 Å². The topological polar surface area (TPSA) is 66.4 Å². The zero-order valence-corrected chi connectivity index (χ0v) is 7.35. The maximum Gasteiger partial charge on any atom is 0.300 e. The summed E-state index contributed by atoms with van der Waals surface area (Å²) in [5.74, 6) is -0.277. The van der Waals surface area contributed by atoms with E-state index in [1.807, 2.05) is 0 Å². The number of carbonyl (C=O) groups is 1. The molecule has 0 aliphatic carbocycles. The van der Waals surface area contributed by atoms with Gasteiger partial charge in [0.2, 0.25) is 0 Å². The number of aromatic nitrogens is 1. The molecule has 0 bridgehead atoms. The first-order valence-corrected chi connectivity index (χ1v) is 4.02. The van der Waals surface area contributed by atoms with Crippen molar-refractivity contribution in [3.05, 3.63) is 23.0 Å². The van der Waals surface area contributed by atoms with Gasteiger partial charge in [-0.05, 0) is 6.92 Å². The zero-order valence-electron chi connectivity index (χ0n) is 7.35. The molecular formula is C8H9N2O3-. The predicted octanol–water partition coefficient (Wildman–Crippen LogP) is 1.30. The highest BCUT2D eigenvalue weighted by Gasteiger charge is 2.30. The molecule has 0 saturated carbocycles. The van der Waals surface area contributed by atoms with E-state index >= 15 is 0 Å². The number of hydrogen-bond donors (Lipinski definition) is 0. The molecule has 5 nitrogen and oxygen atoms in total. The molecule has 2 heterocycles. The van der Waals surface area contributed by atoms with Crippen LogP contribution >= 0.6 is 0 Å². The lowest BCUT2D eigenvalue weighted by Gasteiger charge is -2.15. The van der Waals surface area contributed by atoms with E-state index in [0.29, 0.717) is 5.76 Å². The Morgan fingerprint density at radius 3 is 2.85 bits per heavy atom. The van der Waals surface area contributed by atoms with Crippen molar-refractivity contribution in [3.63, 3.8) is 0 Å². The van der Waals surface area contributed by atoms with Crippen LogP contribution in [-0.2, 0) is 9.63 Å². The van der Waals surface area contributed by atoms with Crippen LogP contribution in [0.2, 0.25) is 0 Å². The number of hydrogen-bond acceptors (Lipinski definition) is 4. The molecule has 1 aromatic heterocycles. The fourth-order valence-electron chi connectivity index (χ4n) is 1.33. The molecule has 0 amide bonds. The predicted molar refractivity (Wildman–Crippen MR) is 42.9 cm³/mol. The van der Waals surface area contributed by atoms with Crippen LogP contribution in [0.15, 0.2) is 10.6 Å². The van der Waals surface area contributed by atoms with Crippen LogP contribution in [0.5, 0.6) is 0 Å². The van der Waals surface area contributed by atoms with Crippen LogP contribution in [0.1, 0.15) is 24.3 Å². The molecule has 2 rings (SSSR count). The minimum absolute atomic E-state index is 0.195. The Morgan fingerprint density at radius 1 is 1.62 bits per heavy atom. The maximum absolute atomic E-state index is 11.2. The molecule has 0 radical (unpaired) electrons. The first kappa shape index (κ1) is 8.25. The van der Waals surface area contributed by atoms with Gasteiger partial charge in [0, 0.05) is 6.07 Å². The maximum atomic E-state index is 11.2. The van der Waals surface area contributed by atoms with Gasteiger partial charge in [0.05, 0.1) is 5.69 Å². The highest BCUT2D eigenvalue weighted by atomic mass is 16.7. The molecule has 2 atom stereocenters. The fourth-order valence-corrected chi connectivity index (χ4v) is 1.33. The standard InChI is InChI=1S/C8H9N2O3/c1-4-3-6(12-9-4)7-5(2)10-13-8(7)11/h3,5,7H,1-2H3/q-1. The summed E-state index contributed by atoms with van der Waals surface area (Å²) in [6.07, 6.45) is 0. The molecule has 0 spiro atoms. The van der Waals surface area contributed by atoms with Gasteiger partial charge in [-0.15, -0.1) is 0 Å². The Kier molecular flexibility index (Phi) is 1.81. The Bertz CT molecular complexity index is 334. The number of nitrogens with zero attached hydrogens (tertiary/aromatic N) is 2. The van der Waals surface area contributed by atoms with E-state index in [1.54, 1.807) is 19.9 Å². The summed E-state index contributed by atoms with van der Waals surface area (Å²) < 4.78 is 4.98. The normalized spacial score (nSPS) is 27.7. The van der Waals surface area contributed by atoms with Crippen molar-refractivity contribution in [1.82, 2.24) is 5.16 Å². The molecule has 1 aliphatic heterocycles. The van der Waals surface area contributed by atoms with Crippen LogP contribution in [0.4, 0.5) is 0 Å². The second kappa shape index (κ2) is 2.85. The fraction of sp³-hybridized carbons (Fsp3) is 0.500. The molecule has 5 heteroatoms. The van der Waals surface area contributed by atoms with E-state index in [2.05, 4.69) is 15.5 Å². The van der Waals surface area contributed by atoms with E-state index < -0.39 is 5.92 Å². The number of carbonyl (C=O) groups excluding carboxylic acids is 1. The second-order valence-corrected chi connectivity index (χ2v) is 3.10. The lowest BCUT2D eigenvalue weighted by Crippen LogP contribution is -2.13. The number of rotatable bonds is 1. The quantitative estimate of drug-likeness (QED) is 0.654. The highest BCUT2D eigenvalue weighted by molar-refractivity contribution is 5.81. The molecule has 1 aliphatic rings. The van der Waals surface area contributed by atoms with Gasteiger partial charge in [-0.2, -0.15) is 0 Å². The monoisotopic (exact) mass is 181 g/mol. The largest absolute Gasteiger partial charge is 0.561 e. The molecule has 0 N–H and O–H groups in total. The summed E-state index contributed by atoms with van der Waals surface area (Å²) in [5.41, 5.74) is 4.40. The third-order valence-electron chi connectivity index (χ3n) is 2.00. The van der Waals surface area contributed by atoms with Gasteiger partial charge in [-0.1, -0.05) is 18.1 Å². The van der Waals surface area contributed by atoms with E-state index in [0.717, 1.165) is 5.69 Å². The van der Waals surface area contributed by atoms with Crippen molar-refractivity contribution in [1.29, 1.82) is 0 Å². The SMILES string of the molecule is Cc1cc(C2C(=O)O[N-]C2C)on1. The van der Waals surface area contributed by atoms with Gasteiger partial charge < -0.3 is 14.8 Å². The van der Waals surface area contributed by atoms with Gasteiger partial charge in [0.1, 0.15) is 11.7 Å². The Hall–Kier alpha value is -1.36. The van der Waals surface area contributed by atoms with Gasteiger partial charge in [-0.3, -0.25) is 4.79 Å². The van der Waals surface area contributed by atoms with Crippen LogP contribution in [-0.4, -0.2) is 17.2 Å². The van der Waals surface area contributed by atoms with Crippen LogP contribution in [0.25, 0.3) is 5.48 Å². The summed E-state index contributed by atoms with van der Waals surface area (Å²) >= 11 is 0. The van der Waals surface area contributed by atoms with E-state index in [9.17, 15) is 4.79 Å². The summed E-state index contributed by atoms with van der Waals surface area (Å²) in [4.78, 5) is 15.7. The zero-order chi connectivity index (χ0) is 9.42. The smallest absolute Gasteiger partial charge is 0.300 e. The summed E-state index contributed by atoms with van der Waals surface area (Å²) in [6, 6.07) is 1.53. The lowest BCUT2D eigenvalue weighted by molar-refractivity contribution is -0.137. The van der Waals surface area contributed by atoms with E-state index in [4.69, 9.17) is 4.52 Å². The molecule has 1 fully saturated rings. The number of hydroxylamine groups is 1. The van der Waals surface area contributed by atoms with Crippen LogP contribution < -0.4 is 0 Å². The van der Waals surface area contributed by atoms with E-state index in [-0.39, 0.29) is 12.0 Å². The number of aryl methyl sites for hydroxylation is 1.